The van der Waals surface area contributed by atoms with Crippen LogP contribution in [-0.4, -0.2) is 19.3 Å². The van der Waals surface area contributed by atoms with Crippen LogP contribution >= 0.6 is 0 Å². The molecule has 1 aromatic rings. The number of sulfone groups is 1. The van der Waals surface area contributed by atoms with Crippen molar-refractivity contribution in [2.45, 2.75) is 42.3 Å². The van der Waals surface area contributed by atoms with Gasteiger partial charge in [-0.2, -0.15) is 0 Å². The summed E-state index contributed by atoms with van der Waals surface area (Å²) >= 11 is 0. The van der Waals surface area contributed by atoms with E-state index in [-0.39, 0.29) is 5.75 Å². The summed E-state index contributed by atoms with van der Waals surface area (Å²) in [5, 5.41) is -0.626. The first-order valence-electron chi connectivity index (χ1n) is 6.25. The molecule has 5 heteroatoms. The quantitative estimate of drug-likeness (QED) is 0.805. The lowest BCUT2D eigenvalue weighted by Gasteiger charge is -2.37. The molecular weight excluding hydrogens is 248 g/mol. The highest BCUT2D eigenvalue weighted by molar-refractivity contribution is 7.91. The van der Waals surface area contributed by atoms with E-state index in [0.717, 1.165) is 18.4 Å². The zero-order valence-corrected chi connectivity index (χ0v) is 11.2. The molecule has 1 saturated carbocycles. The van der Waals surface area contributed by atoms with Crippen LogP contribution in [0, 0.1) is 0 Å². The second kappa shape index (κ2) is 4.99. The van der Waals surface area contributed by atoms with Gasteiger partial charge in [-0.15, -0.1) is 0 Å². The summed E-state index contributed by atoms with van der Waals surface area (Å²) in [6, 6.07) is 9.17. The van der Waals surface area contributed by atoms with Gasteiger partial charge in [-0.25, -0.2) is 8.42 Å². The summed E-state index contributed by atoms with van der Waals surface area (Å²) in [5.41, 5.74) is 11.6. The molecule has 1 fully saturated rings. The zero-order chi connectivity index (χ0) is 13.2. The van der Waals surface area contributed by atoms with Crippen LogP contribution in [0.15, 0.2) is 30.3 Å². The van der Waals surface area contributed by atoms with E-state index in [9.17, 15) is 8.42 Å². The molecule has 0 amide bonds. The molecule has 1 atom stereocenters. The average molecular weight is 268 g/mol. The lowest BCUT2D eigenvalue weighted by Crippen LogP contribution is -2.62. The van der Waals surface area contributed by atoms with E-state index in [2.05, 4.69) is 0 Å². The highest BCUT2D eigenvalue weighted by Gasteiger charge is 2.42. The number of hydrogen-bond donors (Lipinski definition) is 2. The number of nitrogens with two attached hydrogens (primary N) is 2. The van der Waals surface area contributed by atoms with Gasteiger partial charge < -0.3 is 11.5 Å². The molecule has 100 valence electrons. The first-order valence-corrected chi connectivity index (χ1v) is 7.97. The summed E-state index contributed by atoms with van der Waals surface area (Å²) in [7, 11) is -3.29. The molecule has 4 N–H and O–H groups in total. The maximum Gasteiger partial charge on any atom is 0.160 e. The summed E-state index contributed by atoms with van der Waals surface area (Å²) < 4.78 is 24.8. The molecule has 0 saturated heterocycles. The first kappa shape index (κ1) is 13.5. The summed E-state index contributed by atoms with van der Waals surface area (Å²) in [5.74, 6) is 0.0225. The number of rotatable bonds is 3. The second-order valence-corrected chi connectivity index (χ2v) is 7.32. The van der Waals surface area contributed by atoms with Crippen LogP contribution in [-0.2, 0) is 15.6 Å². The first-order chi connectivity index (χ1) is 8.42. The van der Waals surface area contributed by atoms with Gasteiger partial charge in [-0.05, 0) is 18.4 Å². The van der Waals surface area contributed by atoms with Crippen LogP contribution in [0.4, 0.5) is 0 Å². The highest BCUT2D eigenvalue weighted by atomic mass is 32.2. The van der Waals surface area contributed by atoms with Crippen molar-refractivity contribution in [1.82, 2.24) is 0 Å². The monoisotopic (exact) mass is 268 g/mol. The van der Waals surface area contributed by atoms with Crippen molar-refractivity contribution in [3.05, 3.63) is 35.9 Å². The molecule has 1 aliphatic rings. The minimum Gasteiger partial charge on any atom is -0.312 e. The predicted molar refractivity (Wildman–Crippen MR) is 72.4 cm³/mol. The third-order valence-electron chi connectivity index (χ3n) is 3.57. The van der Waals surface area contributed by atoms with Gasteiger partial charge >= 0.3 is 0 Å². The van der Waals surface area contributed by atoms with Crippen LogP contribution in [0.5, 0.6) is 0 Å². The van der Waals surface area contributed by atoms with Crippen LogP contribution in [0.25, 0.3) is 0 Å². The fourth-order valence-electron chi connectivity index (χ4n) is 2.61. The Morgan fingerprint density at radius 3 is 2.44 bits per heavy atom. The number of benzene rings is 1. The van der Waals surface area contributed by atoms with Crippen LogP contribution in [0.1, 0.15) is 31.2 Å². The van der Waals surface area contributed by atoms with E-state index in [1.165, 1.54) is 0 Å². The van der Waals surface area contributed by atoms with Crippen LogP contribution < -0.4 is 11.5 Å². The van der Waals surface area contributed by atoms with Gasteiger partial charge in [0.05, 0.1) is 16.7 Å². The Morgan fingerprint density at radius 2 is 1.83 bits per heavy atom. The largest absolute Gasteiger partial charge is 0.312 e. The van der Waals surface area contributed by atoms with E-state index in [1.807, 2.05) is 30.3 Å². The molecule has 1 aliphatic carbocycles. The van der Waals surface area contributed by atoms with Crippen LogP contribution in [0.3, 0.4) is 0 Å². The Balaban J connectivity index is 2.20. The van der Waals surface area contributed by atoms with E-state index in [1.54, 1.807) is 0 Å². The van der Waals surface area contributed by atoms with E-state index < -0.39 is 20.8 Å². The Morgan fingerprint density at radius 1 is 1.17 bits per heavy atom. The maximum absolute atomic E-state index is 12.4. The van der Waals surface area contributed by atoms with Crippen molar-refractivity contribution in [2.75, 3.05) is 0 Å². The highest BCUT2D eigenvalue weighted by Crippen LogP contribution is 2.29. The number of hydrogen-bond acceptors (Lipinski definition) is 4. The standard InChI is InChI=1S/C13H20N2O2S/c14-13(15)9-5-4-8-12(13)18(16,17)10-11-6-2-1-3-7-11/h1-3,6-7,12H,4-5,8-10,14-15H2. The van der Waals surface area contributed by atoms with Crippen molar-refractivity contribution >= 4 is 9.84 Å². The van der Waals surface area contributed by atoms with Crippen LogP contribution in [0.2, 0.25) is 0 Å². The van der Waals surface area contributed by atoms with E-state index in [0.29, 0.717) is 12.8 Å². The molecule has 18 heavy (non-hydrogen) atoms. The molecule has 2 rings (SSSR count). The van der Waals surface area contributed by atoms with Crippen molar-refractivity contribution < 1.29 is 8.42 Å². The van der Waals surface area contributed by atoms with Gasteiger partial charge in [0.25, 0.3) is 0 Å². The van der Waals surface area contributed by atoms with Crippen molar-refractivity contribution in [1.29, 1.82) is 0 Å². The van der Waals surface area contributed by atoms with Crippen molar-refractivity contribution in [3.63, 3.8) is 0 Å². The molecule has 0 heterocycles. The van der Waals surface area contributed by atoms with Gasteiger partial charge in [-0.3, -0.25) is 0 Å². The van der Waals surface area contributed by atoms with Gasteiger partial charge in [0.2, 0.25) is 0 Å². The Labute approximate surface area is 108 Å². The summed E-state index contributed by atoms with van der Waals surface area (Å²) in [6.07, 6.45) is 2.94. The molecule has 0 radical (unpaired) electrons. The average Bonchev–Trinajstić information content (AvgIpc) is 2.28. The predicted octanol–water partition coefficient (Wildman–Crippen LogP) is 1.16. The minimum absolute atomic E-state index is 0.0225. The zero-order valence-electron chi connectivity index (χ0n) is 10.4. The summed E-state index contributed by atoms with van der Waals surface area (Å²) in [6.45, 7) is 0. The molecular formula is C13H20N2O2S. The Kier molecular flexibility index (Phi) is 3.75. The molecule has 0 aromatic heterocycles. The lowest BCUT2D eigenvalue weighted by molar-refractivity contribution is 0.306. The van der Waals surface area contributed by atoms with Gasteiger partial charge in [0.1, 0.15) is 0 Å². The fraction of sp³-hybridized carbons (Fsp3) is 0.538. The minimum atomic E-state index is -3.29. The summed E-state index contributed by atoms with van der Waals surface area (Å²) in [4.78, 5) is 0. The van der Waals surface area contributed by atoms with Gasteiger partial charge in [0, 0.05) is 0 Å². The van der Waals surface area contributed by atoms with Gasteiger partial charge in [-0.1, -0.05) is 43.2 Å². The molecule has 0 aliphatic heterocycles. The molecule has 4 nitrogen and oxygen atoms in total. The normalized spacial score (nSPS) is 23.8. The maximum atomic E-state index is 12.4. The second-order valence-electron chi connectivity index (χ2n) is 5.14. The van der Waals surface area contributed by atoms with Crippen molar-refractivity contribution in [2.24, 2.45) is 11.5 Å². The lowest BCUT2D eigenvalue weighted by atomic mass is 9.90. The SMILES string of the molecule is NC1(N)CCCCC1S(=O)(=O)Cc1ccccc1. The topological polar surface area (TPSA) is 86.2 Å². The molecule has 1 aromatic carbocycles. The van der Waals surface area contributed by atoms with E-state index >= 15 is 0 Å². The van der Waals surface area contributed by atoms with E-state index in [4.69, 9.17) is 11.5 Å². The third-order valence-corrected chi connectivity index (χ3v) is 5.85. The molecule has 1 unspecified atom stereocenters. The Bertz CT molecular complexity index is 497. The fourth-order valence-corrected chi connectivity index (χ4v) is 4.78. The van der Waals surface area contributed by atoms with Gasteiger partial charge in [0.15, 0.2) is 9.84 Å². The molecule has 0 bridgehead atoms. The molecule has 0 spiro atoms. The van der Waals surface area contributed by atoms with Crippen molar-refractivity contribution in [3.8, 4) is 0 Å². The smallest absolute Gasteiger partial charge is 0.160 e. The third kappa shape index (κ3) is 2.91. The Hall–Kier alpha value is -0.910.